The van der Waals surface area contributed by atoms with Crippen molar-refractivity contribution < 1.29 is 14.6 Å². The number of benzene rings is 1. The SMILES string of the molecule is Cc1nc([N+](=O)[O-])cn1CCC(=O)NOCc1ccccc1. The van der Waals surface area contributed by atoms with Crippen LogP contribution in [0.4, 0.5) is 5.82 Å². The highest BCUT2D eigenvalue weighted by atomic mass is 16.7. The minimum absolute atomic E-state index is 0.142. The molecule has 1 N–H and O–H groups in total. The number of nitro groups is 1. The van der Waals surface area contributed by atoms with Crippen LogP contribution in [0.2, 0.25) is 0 Å². The number of aryl methyl sites for hydroxylation is 2. The van der Waals surface area contributed by atoms with Crippen LogP contribution < -0.4 is 5.48 Å². The number of hydrogen-bond donors (Lipinski definition) is 1. The Morgan fingerprint density at radius 3 is 2.77 bits per heavy atom. The molecule has 0 saturated heterocycles. The molecule has 1 amide bonds. The average molecular weight is 304 g/mol. The topological polar surface area (TPSA) is 99.3 Å². The number of carbonyl (C=O) groups is 1. The Balaban J connectivity index is 1.75. The molecule has 0 aliphatic heterocycles. The smallest absolute Gasteiger partial charge is 0.358 e. The van der Waals surface area contributed by atoms with Gasteiger partial charge >= 0.3 is 5.82 Å². The molecule has 0 saturated carbocycles. The second kappa shape index (κ2) is 7.32. The van der Waals surface area contributed by atoms with Crippen molar-refractivity contribution >= 4 is 11.7 Å². The van der Waals surface area contributed by atoms with Crippen molar-refractivity contribution in [3.8, 4) is 0 Å². The van der Waals surface area contributed by atoms with Crippen molar-refractivity contribution in [1.29, 1.82) is 0 Å². The lowest BCUT2D eigenvalue weighted by Crippen LogP contribution is -2.24. The lowest BCUT2D eigenvalue weighted by molar-refractivity contribution is -0.389. The van der Waals surface area contributed by atoms with E-state index in [-0.39, 0.29) is 24.8 Å². The van der Waals surface area contributed by atoms with E-state index in [4.69, 9.17) is 4.84 Å². The largest absolute Gasteiger partial charge is 0.381 e. The number of nitrogens with one attached hydrogen (secondary N) is 1. The molecule has 0 spiro atoms. The molecule has 0 radical (unpaired) electrons. The van der Waals surface area contributed by atoms with E-state index in [2.05, 4.69) is 10.5 Å². The first-order chi connectivity index (χ1) is 10.6. The molecule has 8 heteroatoms. The third-order valence-corrected chi connectivity index (χ3v) is 3.00. The van der Waals surface area contributed by atoms with Crippen LogP contribution in [0.5, 0.6) is 0 Å². The number of amides is 1. The monoisotopic (exact) mass is 304 g/mol. The maximum atomic E-state index is 11.7. The van der Waals surface area contributed by atoms with E-state index in [1.165, 1.54) is 6.20 Å². The quantitative estimate of drug-likeness (QED) is 0.620. The summed E-state index contributed by atoms with van der Waals surface area (Å²) in [6.45, 7) is 2.23. The summed E-state index contributed by atoms with van der Waals surface area (Å²) in [5, 5.41) is 10.6. The van der Waals surface area contributed by atoms with E-state index in [0.717, 1.165) is 5.56 Å². The molecule has 8 nitrogen and oxygen atoms in total. The van der Waals surface area contributed by atoms with Gasteiger partial charge in [-0.15, -0.1) is 0 Å². The third kappa shape index (κ3) is 4.38. The Bertz CT molecular complexity index is 654. The summed E-state index contributed by atoms with van der Waals surface area (Å²) in [6.07, 6.45) is 1.45. The van der Waals surface area contributed by atoms with E-state index in [1.807, 2.05) is 30.3 Å². The molecule has 0 atom stereocenters. The van der Waals surface area contributed by atoms with Crippen molar-refractivity contribution in [1.82, 2.24) is 15.0 Å². The highest BCUT2D eigenvalue weighted by Gasteiger charge is 2.15. The van der Waals surface area contributed by atoms with Gasteiger partial charge in [0.05, 0.1) is 6.61 Å². The van der Waals surface area contributed by atoms with Crippen LogP contribution >= 0.6 is 0 Å². The van der Waals surface area contributed by atoms with Crippen LogP contribution in [0.3, 0.4) is 0 Å². The van der Waals surface area contributed by atoms with Gasteiger partial charge in [-0.25, -0.2) is 5.48 Å². The zero-order valence-electron chi connectivity index (χ0n) is 12.1. The Morgan fingerprint density at radius 1 is 1.41 bits per heavy atom. The summed E-state index contributed by atoms with van der Waals surface area (Å²) >= 11 is 0. The van der Waals surface area contributed by atoms with Crippen LogP contribution in [0.25, 0.3) is 0 Å². The molecule has 22 heavy (non-hydrogen) atoms. The summed E-state index contributed by atoms with van der Waals surface area (Å²) in [6, 6.07) is 9.44. The second-order valence-corrected chi connectivity index (χ2v) is 4.65. The average Bonchev–Trinajstić information content (AvgIpc) is 2.88. The first kappa shape index (κ1) is 15.6. The third-order valence-electron chi connectivity index (χ3n) is 3.00. The van der Waals surface area contributed by atoms with E-state index >= 15 is 0 Å². The van der Waals surface area contributed by atoms with Gasteiger partial charge in [-0.05, 0) is 15.5 Å². The van der Waals surface area contributed by atoms with Gasteiger partial charge < -0.3 is 14.7 Å². The number of carbonyl (C=O) groups excluding carboxylic acids is 1. The van der Waals surface area contributed by atoms with Gasteiger partial charge in [0.2, 0.25) is 11.7 Å². The summed E-state index contributed by atoms with van der Waals surface area (Å²) in [4.78, 5) is 30.6. The number of hydroxylamine groups is 1. The van der Waals surface area contributed by atoms with E-state index in [9.17, 15) is 14.9 Å². The van der Waals surface area contributed by atoms with Gasteiger partial charge in [-0.1, -0.05) is 30.3 Å². The maximum Gasteiger partial charge on any atom is 0.381 e. The van der Waals surface area contributed by atoms with Gasteiger partial charge in [-0.2, -0.15) is 0 Å². The molecule has 0 unspecified atom stereocenters. The van der Waals surface area contributed by atoms with Gasteiger partial charge in [-0.3, -0.25) is 9.63 Å². The van der Waals surface area contributed by atoms with Crippen molar-refractivity contribution in [3.63, 3.8) is 0 Å². The molecule has 0 bridgehead atoms. The summed E-state index contributed by atoms with van der Waals surface area (Å²) in [5.74, 6) is -0.0328. The number of nitrogens with zero attached hydrogens (tertiary/aromatic N) is 3. The number of aromatic nitrogens is 2. The van der Waals surface area contributed by atoms with Crippen molar-refractivity contribution in [2.75, 3.05) is 0 Å². The van der Waals surface area contributed by atoms with Crippen molar-refractivity contribution in [2.24, 2.45) is 0 Å². The number of rotatable bonds is 7. The van der Waals surface area contributed by atoms with Gasteiger partial charge in [0.25, 0.3) is 0 Å². The van der Waals surface area contributed by atoms with Crippen LogP contribution in [-0.4, -0.2) is 20.4 Å². The van der Waals surface area contributed by atoms with Gasteiger partial charge in [0.1, 0.15) is 6.20 Å². The molecular weight excluding hydrogens is 288 g/mol. The zero-order chi connectivity index (χ0) is 15.9. The first-order valence-corrected chi connectivity index (χ1v) is 6.69. The fourth-order valence-electron chi connectivity index (χ4n) is 1.85. The second-order valence-electron chi connectivity index (χ2n) is 4.65. The Hall–Kier alpha value is -2.74. The van der Waals surface area contributed by atoms with Gasteiger partial charge in [0.15, 0.2) is 0 Å². The van der Waals surface area contributed by atoms with E-state index in [1.54, 1.807) is 11.5 Å². The molecule has 2 aromatic rings. The van der Waals surface area contributed by atoms with Crippen LogP contribution in [0.15, 0.2) is 36.5 Å². The highest BCUT2D eigenvalue weighted by Crippen LogP contribution is 2.10. The fourth-order valence-corrected chi connectivity index (χ4v) is 1.85. The minimum Gasteiger partial charge on any atom is -0.358 e. The molecule has 0 fully saturated rings. The van der Waals surface area contributed by atoms with Gasteiger partial charge in [0, 0.05) is 19.9 Å². The van der Waals surface area contributed by atoms with Crippen LogP contribution in [-0.2, 0) is 22.8 Å². The molecule has 1 aromatic heterocycles. The first-order valence-electron chi connectivity index (χ1n) is 6.69. The number of hydrogen-bond acceptors (Lipinski definition) is 5. The Morgan fingerprint density at radius 2 is 2.14 bits per heavy atom. The summed E-state index contributed by atoms with van der Waals surface area (Å²) < 4.78 is 1.56. The molecular formula is C14H16N4O4. The predicted molar refractivity (Wildman–Crippen MR) is 77.6 cm³/mol. The number of imidazole rings is 1. The minimum atomic E-state index is -0.563. The molecule has 116 valence electrons. The predicted octanol–water partition coefficient (Wildman–Crippen LogP) is 1.74. The van der Waals surface area contributed by atoms with Crippen molar-refractivity contribution in [3.05, 3.63) is 58.0 Å². The Kier molecular flexibility index (Phi) is 5.21. The molecule has 0 aliphatic carbocycles. The van der Waals surface area contributed by atoms with Crippen LogP contribution in [0.1, 0.15) is 17.8 Å². The van der Waals surface area contributed by atoms with E-state index in [0.29, 0.717) is 12.4 Å². The Labute approximate surface area is 126 Å². The summed E-state index contributed by atoms with van der Waals surface area (Å²) in [5.41, 5.74) is 3.29. The summed E-state index contributed by atoms with van der Waals surface area (Å²) in [7, 11) is 0. The normalized spacial score (nSPS) is 10.4. The van der Waals surface area contributed by atoms with E-state index < -0.39 is 4.92 Å². The molecule has 2 rings (SSSR count). The lowest BCUT2D eigenvalue weighted by atomic mass is 10.2. The molecule has 1 heterocycles. The molecule has 0 aliphatic rings. The maximum absolute atomic E-state index is 11.7. The lowest BCUT2D eigenvalue weighted by Gasteiger charge is -2.06. The fraction of sp³-hybridized carbons (Fsp3) is 0.286. The van der Waals surface area contributed by atoms with Crippen LogP contribution in [0, 0.1) is 17.0 Å². The highest BCUT2D eigenvalue weighted by molar-refractivity contribution is 5.74. The standard InChI is InChI=1S/C14H16N4O4/c1-11-15-13(18(20)21)9-17(11)8-7-14(19)16-22-10-12-5-3-2-4-6-12/h2-6,9H,7-8,10H2,1H3,(H,16,19). The van der Waals surface area contributed by atoms with Crippen molar-refractivity contribution in [2.45, 2.75) is 26.5 Å². The zero-order valence-corrected chi connectivity index (χ0v) is 12.1. The molecule has 1 aromatic carbocycles.